The Balaban J connectivity index is 1.56. The Morgan fingerprint density at radius 3 is 2.53 bits per heavy atom. The van der Waals surface area contributed by atoms with Gasteiger partial charge in [-0.2, -0.15) is 0 Å². The molecule has 0 aromatic heterocycles. The number of hydrogen-bond acceptors (Lipinski definition) is 5. The van der Waals surface area contributed by atoms with E-state index in [1.54, 1.807) is 6.08 Å². The maximum atomic E-state index is 13.0. The third-order valence-corrected chi connectivity index (χ3v) is 5.91. The summed E-state index contributed by atoms with van der Waals surface area (Å²) in [4.78, 5) is 37.4. The fraction of sp³-hybridized carbons (Fsp3) is 0.125. The largest absolute Gasteiger partial charge is 0.455 e. The molecule has 1 aliphatic rings. The third kappa shape index (κ3) is 3.74. The predicted molar refractivity (Wildman–Crippen MR) is 118 cm³/mol. The summed E-state index contributed by atoms with van der Waals surface area (Å²) in [6, 6.07) is 17.2. The Hall–Kier alpha value is -3.38. The van der Waals surface area contributed by atoms with Crippen LogP contribution in [-0.2, 0) is 14.3 Å². The highest BCUT2D eigenvalue weighted by molar-refractivity contribution is 8.00. The van der Waals surface area contributed by atoms with Gasteiger partial charge in [-0.15, -0.1) is 18.3 Å². The van der Waals surface area contributed by atoms with E-state index in [1.807, 2.05) is 54.6 Å². The van der Waals surface area contributed by atoms with Crippen molar-refractivity contribution in [2.75, 3.05) is 18.9 Å². The van der Waals surface area contributed by atoms with E-state index >= 15 is 0 Å². The average molecular weight is 417 g/mol. The van der Waals surface area contributed by atoms with Gasteiger partial charge in [0.05, 0.1) is 5.75 Å². The quantitative estimate of drug-likeness (QED) is 0.280. The van der Waals surface area contributed by atoms with Crippen molar-refractivity contribution in [3.8, 4) is 11.1 Å². The third-order valence-electron chi connectivity index (χ3n) is 4.86. The van der Waals surface area contributed by atoms with Crippen LogP contribution in [0.5, 0.6) is 0 Å². The van der Waals surface area contributed by atoms with Crippen molar-refractivity contribution in [1.82, 2.24) is 5.32 Å². The Bertz CT molecular complexity index is 1190. The number of amides is 1. The van der Waals surface area contributed by atoms with Gasteiger partial charge in [0.1, 0.15) is 0 Å². The molecule has 0 aliphatic heterocycles. The van der Waals surface area contributed by atoms with Crippen LogP contribution in [0.1, 0.15) is 15.9 Å². The maximum Gasteiger partial charge on any atom is 0.316 e. The number of ether oxygens (including phenoxy) is 1. The zero-order chi connectivity index (χ0) is 21.1. The minimum absolute atomic E-state index is 0.01000. The maximum absolute atomic E-state index is 13.0. The van der Waals surface area contributed by atoms with E-state index in [4.69, 9.17) is 4.74 Å². The normalized spacial score (nSPS) is 11.7. The lowest BCUT2D eigenvalue weighted by Crippen LogP contribution is -2.29. The van der Waals surface area contributed by atoms with Gasteiger partial charge in [0.15, 0.2) is 12.4 Å². The van der Waals surface area contributed by atoms with Crippen LogP contribution < -0.4 is 5.32 Å². The lowest BCUT2D eigenvalue weighted by atomic mass is 9.83. The molecule has 4 rings (SSSR count). The molecule has 30 heavy (non-hydrogen) atoms. The van der Waals surface area contributed by atoms with Crippen LogP contribution in [-0.4, -0.2) is 36.6 Å². The Morgan fingerprint density at radius 1 is 0.967 bits per heavy atom. The van der Waals surface area contributed by atoms with Gasteiger partial charge >= 0.3 is 5.97 Å². The molecule has 0 saturated heterocycles. The number of fused-ring (bicyclic) bond motifs is 2. The van der Waals surface area contributed by atoms with Gasteiger partial charge in [-0.25, -0.2) is 0 Å². The van der Waals surface area contributed by atoms with E-state index in [9.17, 15) is 14.4 Å². The molecule has 0 saturated carbocycles. The molecule has 150 valence electrons. The summed E-state index contributed by atoms with van der Waals surface area (Å²) >= 11 is 1.33. The SMILES string of the molecule is C=CCNC(=O)COC(=O)CSc1ccc2c3c(cccc13)C(=O)c1ccccc1-2. The standard InChI is InChI=1S/C24H19NO4S/c1-2-12-25-21(26)13-29-22(27)14-30-20-11-10-16-15-6-3-4-7-17(15)24(28)19-9-5-8-18(20)23(16)19/h2-11H,1,12-14H2,(H,25,26). The van der Waals surface area contributed by atoms with Crippen LogP contribution in [0.3, 0.4) is 0 Å². The van der Waals surface area contributed by atoms with E-state index in [2.05, 4.69) is 11.9 Å². The number of thioether (sulfide) groups is 1. The van der Waals surface area contributed by atoms with Gasteiger partial charge in [0, 0.05) is 28.0 Å². The number of nitrogens with one attached hydrogen (secondary N) is 1. The fourth-order valence-corrected chi connectivity index (χ4v) is 4.39. The first-order chi connectivity index (χ1) is 14.6. The summed E-state index contributed by atoms with van der Waals surface area (Å²) in [5.74, 6) is -0.767. The number of hydrogen-bond donors (Lipinski definition) is 1. The molecule has 0 heterocycles. The van der Waals surface area contributed by atoms with Crippen LogP contribution in [0.15, 0.2) is 72.1 Å². The first-order valence-corrected chi connectivity index (χ1v) is 10.4. The fourth-order valence-electron chi connectivity index (χ4n) is 3.54. The molecule has 0 fully saturated rings. The van der Waals surface area contributed by atoms with Crippen molar-refractivity contribution >= 4 is 40.2 Å². The van der Waals surface area contributed by atoms with Gasteiger partial charge in [-0.3, -0.25) is 14.4 Å². The van der Waals surface area contributed by atoms with E-state index in [0.717, 1.165) is 26.8 Å². The molecule has 1 aliphatic carbocycles. The van der Waals surface area contributed by atoms with Crippen molar-refractivity contribution in [1.29, 1.82) is 0 Å². The monoisotopic (exact) mass is 417 g/mol. The summed E-state index contributed by atoms with van der Waals surface area (Å²) in [6.07, 6.45) is 1.55. The van der Waals surface area contributed by atoms with Gasteiger partial charge in [-0.05, 0) is 22.6 Å². The molecule has 5 nitrogen and oxygen atoms in total. The number of ketones is 1. The Morgan fingerprint density at radius 2 is 1.73 bits per heavy atom. The molecule has 0 atom stereocenters. The van der Waals surface area contributed by atoms with E-state index < -0.39 is 5.97 Å². The van der Waals surface area contributed by atoms with E-state index in [-0.39, 0.29) is 24.1 Å². The van der Waals surface area contributed by atoms with Gasteiger partial charge in [0.2, 0.25) is 0 Å². The summed E-state index contributed by atoms with van der Waals surface area (Å²) < 4.78 is 5.02. The second-order valence-electron chi connectivity index (χ2n) is 6.76. The molecule has 3 aromatic rings. The molecule has 0 radical (unpaired) electrons. The molecule has 1 N–H and O–H groups in total. The van der Waals surface area contributed by atoms with Crippen molar-refractivity contribution in [3.05, 3.63) is 78.4 Å². The van der Waals surface area contributed by atoms with Crippen LogP contribution >= 0.6 is 11.8 Å². The topological polar surface area (TPSA) is 72.5 Å². The lowest BCUT2D eigenvalue weighted by molar-refractivity contribution is -0.145. The minimum Gasteiger partial charge on any atom is -0.455 e. The van der Waals surface area contributed by atoms with Crippen LogP contribution in [0.4, 0.5) is 0 Å². The summed E-state index contributed by atoms with van der Waals surface area (Å²) in [7, 11) is 0. The molecule has 0 spiro atoms. The average Bonchev–Trinajstić information content (AvgIpc) is 2.78. The first-order valence-electron chi connectivity index (χ1n) is 9.46. The summed E-state index contributed by atoms with van der Waals surface area (Å²) in [5.41, 5.74) is 3.32. The van der Waals surface area contributed by atoms with E-state index in [0.29, 0.717) is 17.7 Å². The Labute approximate surface area is 178 Å². The number of carbonyl (C=O) groups is 3. The van der Waals surface area contributed by atoms with Crippen molar-refractivity contribution in [2.45, 2.75) is 4.90 Å². The highest BCUT2D eigenvalue weighted by atomic mass is 32.2. The lowest BCUT2D eigenvalue weighted by Gasteiger charge is -2.21. The van der Waals surface area contributed by atoms with Crippen LogP contribution in [0.2, 0.25) is 0 Å². The summed E-state index contributed by atoms with van der Waals surface area (Å²) in [5, 5.41) is 4.38. The van der Waals surface area contributed by atoms with Crippen molar-refractivity contribution < 1.29 is 19.1 Å². The predicted octanol–water partition coefficient (Wildman–Crippen LogP) is 3.99. The molecule has 6 heteroatoms. The summed E-state index contributed by atoms with van der Waals surface area (Å²) in [6.45, 7) is 3.52. The zero-order valence-corrected chi connectivity index (χ0v) is 17.0. The van der Waals surface area contributed by atoms with Crippen LogP contribution in [0, 0.1) is 0 Å². The number of carbonyl (C=O) groups excluding carboxylic acids is 3. The van der Waals surface area contributed by atoms with Gasteiger partial charge < -0.3 is 10.1 Å². The second kappa shape index (κ2) is 8.55. The molecule has 0 bridgehead atoms. The van der Waals surface area contributed by atoms with E-state index in [1.165, 1.54) is 11.8 Å². The van der Waals surface area contributed by atoms with Gasteiger partial charge in [-0.1, -0.05) is 54.6 Å². The highest BCUT2D eigenvalue weighted by Gasteiger charge is 2.25. The number of rotatable bonds is 7. The molecular formula is C24H19NO4S. The first kappa shape index (κ1) is 19.9. The number of esters is 1. The van der Waals surface area contributed by atoms with Crippen LogP contribution in [0.25, 0.3) is 21.9 Å². The molecule has 0 unspecified atom stereocenters. The van der Waals surface area contributed by atoms with Crippen molar-refractivity contribution in [2.24, 2.45) is 0 Å². The Kier molecular flexibility index (Phi) is 5.68. The smallest absolute Gasteiger partial charge is 0.316 e. The molecule has 1 amide bonds. The second-order valence-corrected chi connectivity index (χ2v) is 7.77. The number of benzene rings is 3. The van der Waals surface area contributed by atoms with Crippen molar-refractivity contribution in [3.63, 3.8) is 0 Å². The van der Waals surface area contributed by atoms with Gasteiger partial charge in [0.25, 0.3) is 5.91 Å². The zero-order valence-electron chi connectivity index (χ0n) is 16.1. The minimum atomic E-state index is -0.476. The molecular weight excluding hydrogens is 398 g/mol. The molecule has 3 aromatic carbocycles. The highest BCUT2D eigenvalue weighted by Crippen LogP contribution is 2.42.